The molecule has 0 aromatic heterocycles. The number of halogens is 2. The molecule has 1 N–H and O–H groups in total. The summed E-state index contributed by atoms with van der Waals surface area (Å²) in [5, 5.41) is 4.40. The Morgan fingerprint density at radius 3 is 2.76 bits per heavy atom. The molecule has 21 heavy (non-hydrogen) atoms. The molecule has 3 rings (SSSR count). The summed E-state index contributed by atoms with van der Waals surface area (Å²) in [4.78, 5) is 4.78. The molecule has 0 spiro atoms. The van der Waals surface area contributed by atoms with E-state index in [-0.39, 0.29) is 0 Å². The molecule has 0 amide bonds. The SMILES string of the molecule is Brc1ccc(Br)c(NC2=NC(Cc3ccccc3)CS2)c1. The molecular weight excluding hydrogens is 412 g/mol. The number of thioether (sulfide) groups is 1. The van der Waals surface area contributed by atoms with Crippen molar-refractivity contribution < 1.29 is 0 Å². The molecule has 1 atom stereocenters. The third kappa shape index (κ3) is 4.11. The van der Waals surface area contributed by atoms with Gasteiger partial charge >= 0.3 is 0 Å². The first-order valence-corrected chi connectivity index (χ1v) is 9.24. The Balaban J connectivity index is 1.67. The minimum Gasteiger partial charge on any atom is -0.334 e. The van der Waals surface area contributed by atoms with Gasteiger partial charge in [-0.1, -0.05) is 58.0 Å². The van der Waals surface area contributed by atoms with E-state index in [1.54, 1.807) is 11.8 Å². The largest absolute Gasteiger partial charge is 0.334 e. The predicted molar refractivity (Wildman–Crippen MR) is 99.3 cm³/mol. The third-order valence-corrected chi connectivity index (χ3v) is 5.41. The standard InChI is InChI=1S/C16H14Br2N2S/c17-12-6-7-14(18)15(9-12)20-16-19-13(10-21-16)8-11-4-2-1-3-5-11/h1-7,9,13H,8,10H2,(H,19,20). The number of anilines is 1. The highest BCUT2D eigenvalue weighted by atomic mass is 79.9. The summed E-state index contributed by atoms with van der Waals surface area (Å²) in [5.74, 6) is 1.03. The van der Waals surface area contributed by atoms with E-state index in [1.165, 1.54) is 5.56 Å². The van der Waals surface area contributed by atoms with Gasteiger partial charge in [0.15, 0.2) is 5.17 Å². The second-order valence-corrected chi connectivity index (χ2v) is 7.62. The highest BCUT2D eigenvalue weighted by Gasteiger charge is 2.19. The Labute approximate surface area is 145 Å². The van der Waals surface area contributed by atoms with E-state index in [1.807, 2.05) is 18.2 Å². The van der Waals surface area contributed by atoms with Crippen LogP contribution in [0.2, 0.25) is 0 Å². The lowest BCUT2D eigenvalue weighted by molar-refractivity contribution is 0.762. The molecule has 0 fully saturated rings. The third-order valence-electron chi connectivity index (χ3n) is 3.20. The Bertz CT molecular complexity index is 659. The topological polar surface area (TPSA) is 24.4 Å². The molecule has 0 radical (unpaired) electrons. The van der Waals surface area contributed by atoms with Crippen LogP contribution in [0.5, 0.6) is 0 Å². The van der Waals surface area contributed by atoms with Gasteiger partial charge in [-0.25, -0.2) is 0 Å². The van der Waals surface area contributed by atoms with Crippen molar-refractivity contribution in [3.63, 3.8) is 0 Å². The summed E-state index contributed by atoms with van der Waals surface area (Å²) in [7, 11) is 0. The van der Waals surface area contributed by atoms with Gasteiger partial charge < -0.3 is 5.32 Å². The number of hydrogen-bond acceptors (Lipinski definition) is 3. The normalized spacial score (nSPS) is 17.6. The Morgan fingerprint density at radius 2 is 1.95 bits per heavy atom. The van der Waals surface area contributed by atoms with Crippen LogP contribution in [0.25, 0.3) is 0 Å². The molecule has 5 heteroatoms. The van der Waals surface area contributed by atoms with E-state index in [2.05, 4.69) is 67.5 Å². The average Bonchev–Trinajstić information content (AvgIpc) is 2.91. The van der Waals surface area contributed by atoms with Crippen molar-refractivity contribution in [2.24, 2.45) is 4.99 Å². The predicted octanol–water partition coefficient (Wildman–Crippen LogP) is 5.34. The van der Waals surface area contributed by atoms with Crippen LogP contribution in [0, 0.1) is 0 Å². The van der Waals surface area contributed by atoms with Crippen LogP contribution in [0.15, 0.2) is 62.5 Å². The summed E-state index contributed by atoms with van der Waals surface area (Å²) < 4.78 is 2.10. The van der Waals surface area contributed by atoms with Crippen LogP contribution < -0.4 is 5.32 Å². The van der Waals surface area contributed by atoms with Crippen LogP contribution >= 0.6 is 43.6 Å². The summed E-state index contributed by atoms with van der Waals surface area (Å²) in [5.41, 5.74) is 2.38. The molecule has 2 aromatic carbocycles. The highest BCUT2D eigenvalue weighted by Crippen LogP contribution is 2.29. The van der Waals surface area contributed by atoms with E-state index in [0.717, 1.165) is 32.0 Å². The van der Waals surface area contributed by atoms with Crippen molar-refractivity contribution in [3.8, 4) is 0 Å². The minimum absolute atomic E-state index is 0.353. The highest BCUT2D eigenvalue weighted by molar-refractivity contribution is 9.11. The number of aliphatic imine (C=N–C) groups is 1. The van der Waals surface area contributed by atoms with Gasteiger partial charge in [0.05, 0.1) is 11.7 Å². The van der Waals surface area contributed by atoms with Gasteiger partial charge in [0.2, 0.25) is 0 Å². The van der Waals surface area contributed by atoms with Crippen molar-refractivity contribution in [3.05, 3.63) is 63.0 Å². The molecule has 1 heterocycles. The lowest BCUT2D eigenvalue weighted by atomic mass is 10.1. The van der Waals surface area contributed by atoms with Crippen molar-refractivity contribution >= 4 is 54.5 Å². The van der Waals surface area contributed by atoms with Crippen LogP contribution in [-0.4, -0.2) is 17.0 Å². The fourth-order valence-corrected chi connectivity index (χ4v) is 3.84. The molecular formula is C16H14Br2N2S. The molecule has 0 aliphatic carbocycles. The van der Waals surface area contributed by atoms with E-state index in [9.17, 15) is 0 Å². The Morgan fingerprint density at radius 1 is 1.14 bits per heavy atom. The zero-order valence-electron chi connectivity index (χ0n) is 11.2. The summed E-state index contributed by atoms with van der Waals surface area (Å²) in [6, 6.07) is 17.0. The molecule has 1 unspecified atom stereocenters. The fourth-order valence-electron chi connectivity index (χ4n) is 2.18. The number of hydrogen-bond donors (Lipinski definition) is 1. The number of benzene rings is 2. The van der Waals surface area contributed by atoms with Crippen molar-refractivity contribution in [1.82, 2.24) is 0 Å². The Kier molecular flexibility index (Phi) is 5.03. The van der Waals surface area contributed by atoms with Gasteiger partial charge in [-0.05, 0) is 46.1 Å². The second-order valence-electron chi connectivity index (χ2n) is 4.84. The lowest BCUT2D eigenvalue weighted by Crippen LogP contribution is -2.08. The molecule has 108 valence electrons. The maximum Gasteiger partial charge on any atom is 0.161 e. The zero-order chi connectivity index (χ0) is 14.7. The van der Waals surface area contributed by atoms with E-state index < -0.39 is 0 Å². The smallest absolute Gasteiger partial charge is 0.161 e. The molecule has 2 aromatic rings. The van der Waals surface area contributed by atoms with Crippen molar-refractivity contribution in [2.45, 2.75) is 12.5 Å². The monoisotopic (exact) mass is 424 g/mol. The van der Waals surface area contributed by atoms with E-state index >= 15 is 0 Å². The van der Waals surface area contributed by atoms with Gasteiger partial charge in [-0.3, -0.25) is 4.99 Å². The molecule has 0 saturated carbocycles. The first kappa shape index (κ1) is 15.1. The maximum absolute atomic E-state index is 4.78. The number of nitrogens with one attached hydrogen (secondary N) is 1. The first-order chi connectivity index (χ1) is 10.2. The lowest BCUT2D eigenvalue weighted by Gasteiger charge is -2.07. The quantitative estimate of drug-likeness (QED) is 0.717. The Hall–Kier alpha value is -0.780. The first-order valence-electron chi connectivity index (χ1n) is 6.67. The molecule has 1 aliphatic heterocycles. The summed E-state index contributed by atoms with van der Waals surface area (Å²) in [6.07, 6.45) is 0.999. The molecule has 1 aliphatic rings. The minimum atomic E-state index is 0.353. The zero-order valence-corrected chi connectivity index (χ0v) is 15.2. The van der Waals surface area contributed by atoms with E-state index in [0.29, 0.717) is 6.04 Å². The van der Waals surface area contributed by atoms with Gasteiger partial charge in [-0.2, -0.15) is 0 Å². The van der Waals surface area contributed by atoms with Crippen LogP contribution in [0.3, 0.4) is 0 Å². The van der Waals surface area contributed by atoms with Crippen LogP contribution in [-0.2, 0) is 6.42 Å². The second kappa shape index (κ2) is 6.99. The maximum atomic E-state index is 4.78. The van der Waals surface area contributed by atoms with Gasteiger partial charge in [0, 0.05) is 14.7 Å². The van der Waals surface area contributed by atoms with Gasteiger partial charge in [0.1, 0.15) is 0 Å². The number of nitrogens with zero attached hydrogens (tertiary/aromatic N) is 1. The summed E-state index contributed by atoms with van der Waals surface area (Å²) in [6.45, 7) is 0. The van der Waals surface area contributed by atoms with Crippen molar-refractivity contribution in [2.75, 3.05) is 11.1 Å². The summed E-state index contributed by atoms with van der Waals surface area (Å²) >= 11 is 8.84. The van der Waals surface area contributed by atoms with Gasteiger partial charge in [-0.15, -0.1) is 0 Å². The fraction of sp³-hybridized carbons (Fsp3) is 0.188. The molecule has 0 saturated heterocycles. The van der Waals surface area contributed by atoms with Gasteiger partial charge in [0.25, 0.3) is 0 Å². The molecule has 0 bridgehead atoms. The average molecular weight is 426 g/mol. The number of amidine groups is 1. The molecule has 2 nitrogen and oxygen atoms in total. The van der Waals surface area contributed by atoms with Crippen LogP contribution in [0.4, 0.5) is 5.69 Å². The van der Waals surface area contributed by atoms with Crippen molar-refractivity contribution in [1.29, 1.82) is 0 Å². The van der Waals surface area contributed by atoms with Crippen LogP contribution in [0.1, 0.15) is 5.56 Å². The number of rotatable bonds is 3. The van der Waals surface area contributed by atoms with E-state index in [4.69, 9.17) is 4.99 Å².